The van der Waals surface area contributed by atoms with Crippen LogP contribution in [0.1, 0.15) is 18.2 Å². The Morgan fingerprint density at radius 1 is 1.28 bits per heavy atom. The normalized spacial score (nSPS) is 20.5. The summed E-state index contributed by atoms with van der Waals surface area (Å²) in [5.41, 5.74) is 1.54. The molecule has 0 spiro atoms. The number of amides is 4. The monoisotopic (exact) mass is 444 g/mol. The van der Waals surface area contributed by atoms with Crippen LogP contribution >= 0.6 is 0 Å². The zero-order chi connectivity index (χ0) is 23.0. The van der Waals surface area contributed by atoms with Crippen molar-refractivity contribution < 1.29 is 32.3 Å². The summed E-state index contributed by atoms with van der Waals surface area (Å²) in [5, 5.41) is 4.60. The minimum absolute atomic E-state index is 0.0769. The maximum Gasteiger partial charge on any atom is 0.322 e. The van der Waals surface area contributed by atoms with Crippen LogP contribution in [-0.2, 0) is 14.3 Å². The molecule has 9 nitrogen and oxygen atoms in total. The van der Waals surface area contributed by atoms with Gasteiger partial charge in [0, 0.05) is 25.9 Å². The Bertz CT molecular complexity index is 1200. The lowest BCUT2D eigenvalue weighted by atomic mass is 10.1. The number of aromatic nitrogens is 1. The van der Waals surface area contributed by atoms with Gasteiger partial charge in [0.25, 0.3) is 11.8 Å². The van der Waals surface area contributed by atoms with Crippen LogP contribution in [0, 0.1) is 0 Å². The van der Waals surface area contributed by atoms with Gasteiger partial charge in [0.2, 0.25) is 0 Å². The third kappa shape index (κ3) is 3.84. The van der Waals surface area contributed by atoms with Crippen molar-refractivity contribution >= 4 is 28.9 Å². The van der Waals surface area contributed by atoms with Gasteiger partial charge in [-0.1, -0.05) is 0 Å². The second-order valence-corrected chi connectivity index (χ2v) is 7.20. The number of nitrogens with one attached hydrogen (secondary N) is 2. The molecule has 1 unspecified atom stereocenters. The highest BCUT2D eigenvalue weighted by Gasteiger charge is 2.34. The molecule has 1 fully saturated rings. The molecule has 0 aromatic carbocycles. The van der Waals surface area contributed by atoms with Crippen LogP contribution in [0.15, 0.2) is 63.4 Å². The number of allylic oxidation sites excluding steroid dienone is 1. The van der Waals surface area contributed by atoms with Gasteiger partial charge in [0.05, 0.1) is 19.1 Å². The number of furan rings is 1. The van der Waals surface area contributed by atoms with Gasteiger partial charge in [0.15, 0.2) is 17.5 Å². The lowest BCUT2D eigenvalue weighted by Crippen LogP contribution is -2.22. The van der Waals surface area contributed by atoms with Crippen molar-refractivity contribution in [3.63, 3.8) is 0 Å². The fraction of sp³-hybridized carbons (Fsp3) is 0.238. The van der Waals surface area contributed by atoms with Crippen LogP contribution in [0.4, 0.5) is 13.6 Å². The predicted molar refractivity (Wildman–Crippen MR) is 107 cm³/mol. The molecular weight excluding hydrogens is 426 g/mol. The van der Waals surface area contributed by atoms with Gasteiger partial charge in [-0.25, -0.2) is 13.6 Å². The standard InChI is InChI=1S/C11H11F2NO2.C10H7N3O3/c1-14-5-6-3-7(12)4-8(16-2)10(13)9(6)11(14)15;14-9-8(12-10(15)13-9)7-4-5-6(16-7)2-1-3-11-5/h3H,4-5H2,1-2H3;1-4,8H,(H2,12,13,14,15). The third-order valence-electron chi connectivity index (χ3n) is 5.03. The molecule has 32 heavy (non-hydrogen) atoms. The SMILES string of the molecule is COC1=C(F)C2=C(C=C(F)C1)CN(C)C2=O.O=C1NC(=O)C(c2cc3ncccc3o2)N1. The highest BCUT2D eigenvalue weighted by Crippen LogP contribution is 2.34. The van der Waals surface area contributed by atoms with E-state index in [-0.39, 0.29) is 24.3 Å². The van der Waals surface area contributed by atoms with Gasteiger partial charge >= 0.3 is 6.03 Å². The maximum atomic E-state index is 13.9. The second kappa shape index (κ2) is 8.25. The first kappa shape index (κ1) is 21.2. The third-order valence-corrected chi connectivity index (χ3v) is 5.03. The molecule has 4 amide bonds. The van der Waals surface area contributed by atoms with Crippen LogP contribution in [0.5, 0.6) is 0 Å². The molecule has 2 aliphatic heterocycles. The van der Waals surface area contributed by atoms with E-state index >= 15 is 0 Å². The Labute approximate surface area is 180 Å². The van der Waals surface area contributed by atoms with Gasteiger partial charge < -0.3 is 19.4 Å². The minimum atomic E-state index is -0.762. The van der Waals surface area contributed by atoms with Gasteiger partial charge in [-0.15, -0.1) is 0 Å². The molecule has 0 bridgehead atoms. The summed E-state index contributed by atoms with van der Waals surface area (Å²) in [5.74, 6) is -1.85. The van der Waals surface area contributed by atoms with E-state index in [0.29, 0.717) is 22.4 Å². The molecule has 3 aliphatic rings. The molecular formula is C21H18F2N4O5. The van der Waals surface area contributed by atoms with Crippen LogP contribution in [0.2, 0.25) is 0 Å². The first-order valence-corrected chi connectivity index (χ1v) is 9.52. The van der Waals surface area contributed by atoms with Gasteiger partial charge in [-0.05, 0) is 23.8 Å². The fourth-order valence-corrected chi connectivity index (χ4v) is 3.51. The Morgan fingerprint density at radius 3 is 2.72 bits per heavy atom. The fourth-order valence-electron chi connectivity index (χ4n) is 3.51. The first-order valence-electron chi connectivity index (χ1n) is 9.52. The van der Waals surface area contributed by atoms with E-state index < -0.39 is 35.5 Å². The number of rotatable bonds is 2. The summed E-state index contributed by atoms with van der Waals surface area (Å²) in [6.07, 6.45) is 2.60. The summed E-state index contributed by atoms with van der Waals surface area (Å²) in [7, 11) is 2.80. The summed E-state index contributed by atoms with van der Waals surface area (Å²) in [6, 6.07) is 3.86. The molecule has 0 saturated carbocycles. The van der Waals surface area contributed by atoms with Gasteiger partial charge in [0.1, 0.15) is 22.9 Å². The van der Waals surface area contributed by atoms with E-state index in [9.17, 15) is 23.2 Å². The number of methoxy groups -OCH3 is 1. The number of carbonyl (C=O) groups excluding carboxylic acids is 3. The van der Waals surface area contributed by atoms with Crippen molar-refractivity contribution in [3.8, 4) is 0 Å². The first-order chi connectivity index (χ1) is 15.3. The molecule has 4 heterocycles. The molecule has 11 heteroatoms. The lowest BCUT2D eigenvalue weighted by Gasteiger charge is -2.10. The number of halogens is 2. The van der Waals surface area contributed by atoms with Crippen molar-refractivity contribution in [3.05, 3.63) is 64.8 Å². The van der Waals surface area contributed by atoms with Crippen LogP contribution < -0.4 is 10.6 Å². The molecule has 5 rings (SSSR count). The summed E-state index contributed by atoms with van der Waals surface area (Å²) < 4.78 is 37.5. The minimum Gasteiger partial charge on any atom is -0.498 e. The number of fused-ring (bicyclic) bond motifs is 1. The highest BCUT2D eigenvalue weighted by atomic mass is 19.1. The average molecular weight is 444 g/mol. The number of nitrogens with zero attached hydrogens (tertiary/aromatic N) is 2. The van der Waals surface area contributed by atoms with Crippen molar-refractivity contribution in [1.29, 1.82) is 0 Å². The average Bonchev–Trinajstić information content (AvgIpc) is 3.38. The zero-order valence-corrected chi connectivity index (χ0v) is 17.1. The number of likely N-dealkylation sites (N-methyl/N-ethyl adjacent to an activating group) is 1. The molecule has 2 N–H and O–H groups in total. The number of urea groups is 1. The Balaban J connectivity index is 0.000000153. The van der Waals surface area contributed by atoms with Crippen molar-refractivity contribution in [1.82, 2.24) is 20.5 Å². The van der Waals surface area contributed by atoms with Crippen LogP contribution in [0.3, 0.4) is 0 Å². The summed E-state index contributed by atoms with van der Waals surface area (Å²) >= 11 is 0. The Kier molecular flexibility index (Phi) is 5.47. The van der Waals surface area contributed by atoms with Gasteiger partial charge in [-0.2, -0.15) is 0 Å². The molecule has 0 radical (unpaired) electrons. The number of hydrogen-bond acceptors (Lipinski definition) is 6. The van der Waals surface area contributed by atoms with Gasteiger partial charge in [-0.3, -0.25) is 19.9 Å². The Morgan fingerprint density at radius 2 is 2.06 bits per heavy atom. The van der Waals surface area contributed by atoms with E-state index in [1.54, 1.807) is 31.4 Å². The number of hydrogen-bond donors (Lipinski definition) is 2. The zero-order valence-electron chi connectivity index (χ0n) is 17.1. The summed E-state index contributed by atoms with van der Waals surface area (Å²) in [6.45, 7) is 0.228. The molecule has 1 aliphatic carbocycles. The van der Waals surface area contributed by atoms with E-state index in [2.05, 4.69) is 15.6 Å². The number of pyridine rings is 1. The van der Waals surface area contributed by atoms with Crippen LogP contribution in [-0.4, -0.2) is 48.4 Å². The summed E-state index contributed by atoms with van der Waals surface area (Å²) in [4.78, 5) is 39.4. The van der Waals surface area contributed by atoms with E-state index in [1.807, 2.05) is 0 Å². The largest absolute Gasteiger partial charge is 0.498 e. The van der Waals surface area contributed by atoms with Crippen molar-refractivity contribution in [2.45, 2.75) is 12.5 Å². The van der Waals surface area contributed by atoms with Crippen molar-refractivity contribution in [2.24, 2.45) is 0 Å². The van der Waals surface area contributed by atoms with E-state index in [1.165, 1.54) is 18.1 Å². The molecule has 2 aromatic heterocycles. The molecule has 2 aromatic rings. The lowest BCUT2D eigenvalue weighted by molar-refractivity contribution is -0.124. The number of carbonyl (C=O) groups is 3. The number of ether oxygens (including phenoxy) is 1. The predicted octanol–water partition coefficient (Wildman–Crippen LogP) is 2.55. The Hall–Kier alpha value is -4.02. The topological polar surface area (TPSA) is 114 Å². The quantitative estimate of drug-likeness (QED) is 0.689. The smallest absolute Gasteiger partial charge is 0.322 e. The molecule has 1 saturated heterocycles. The van der Waals surface area contributed by atoms with Crippen LogP contribution in [0.25, 0.3) is 11.1 Å². The highest BCUT2D eigenvalue weighted by molar-refractivity contribution is 6.04. The van der Waals surface area contributed by atoms with Crippen molar-refractivity contribution in [2.75, 3.05) is 20.7 Å². The van der Waals surface area contributed by atoms with E-state index in [4.69, 9.17) is 9.15 Å². The molecule has 1 atom stereocenters. The maximum absolute atomic E-state index is 13.9. The molecule has 166 valence electrons. The van der Waals surface area contributed by atoms with E-state index in [0.717, 1.165) is 0 Å². The second-order valence-electron chi connectivity index (χ2n) is 7.20. The number of imide groups is 1.